The topological polar surface area (TPSA) is 80.7 Å². The Morgan fingerprint density at radius 1 is 1.21 bits per heavy atom. The van der Waals surface area contributed by atoms with Gasteiger partial charge in [0.1, 0.15) is 12.4 Å². The maximum Gasteiger partial charge on any atom is 0.303 e. The van der Waals surface area contributed by atoms with E-state index < -0.39 is 15.8 Å². The van der Waals surface area contributed by atoms with E-state index in [0.717, 1.165) is 5.56 Å². The fraction of sp³-hybridized carbons (Fsp3) is 0.462. The molecule has 1 aromatic rings. The van der Waals surface area contributed by atoms with Crippen LogP contribution in [-0.2, 0) is 14.6 Å². The summed E-state index contributed by atoms with van der Waals surface area (Å²) in [5.41, 5.74) is 1.11. The number of hydrogen-bond donors (Lipinski definition) is 1. The average Bonchev–Trinajstić information content (AvgIpc) is 2.30. The van der Waals surface area contributed by atoms with Crippen molar-refractivity contribution < 1.29 is 23.1 Å². The molecule has 0 saturated heterocycles. The van der Waals surface area contributed by atoms with Gasteiger partial charge in [-0.2, -0.15) is 0 Å². The number of aryl methyl sites for hydroxylation is 1. The van der Waals surface area contributed by atoms with Crippen molar-refractivity contribution in [2.75, 3.05) is 18.1 Å². The summed E-state index contributed by atoms with van der Waals surface area (Å²) in [5, 5.41) is 8.44. The van der Waals surface area contributed by atoms with E-state index >= 15 is 0 Å². The number of hydrogen-bond acceptors (Lipinski definition) is 4. The van der Waals surface area contributed by atoms with Crippen LogP contribution in [-0.4, -0.2) is 37.6 Å². The first kappa shape index (κ1) is 15.5. The van der Waals surface area contributed by atoms with Crippen LogP contribution in [0.15, 0.2) is 24.3 Å². The first-order valence-corrected chi connectivity index (χ1v) is 7.83. The van der Waals surface area contributed by atoms with Crippen LogP contribution in [0.1, 0.15) is 18.4 Å². The van der Waals surface area contributed by atoms with Crippen molar-refractivity contribution in [3.63, 3.8) is 0 Å². The molecule has 0 spiro atoms. The minimum atomic E-state index is -3.24. The highest BCUT2D eigenvalue weighted by atomic mass is 32.2. The quantitative estimate of drug-likeness (QED) is 0.786. The molecule has 0 aliphatic carbocycles. The molecule has 0 heterocycles. The van der Waals surface area contributed by atoms with Gasteiger partial charge < -0.3 is 9.84 Å². The minimum Gasteiger partial charge on any atom is -0.493 e. The first-order valence-electron chi connectivity index (χ1n) is 6.01. The molecule has 0 aliphatic rings. The number of benzene rings is 1. The molecule has 1 rings (SSSR count). The van der Waals surface area contributed by atoms with Gasteiger partial charge in [0.2, 0.25) is 0 Å². The second kappa shape index (κ2) is 7.13. The van der Waals surface area contributed by atoms with E-state index in [1.807, 2.05) is 19.1 Å². The summed E-state index contributed by atoms with van der Waals surface area (Å²) in [6.45, 7) is 2.04. The molecule has 0 aromatic heterocycles. The molecular weight excluding hydrogens is 268 g/mol. The maximum absolute atomic E-state index is 11.6. The summed E-state index contributed by atoms with van der Waals surface area (Å²) in [5.74, 6) is -0.561. The highest BCUT2D eigenvalue weighted by Crippen LogP contribution is 2.11. The highest BCUT2D eigenvalue weighted by molar-refractivity contribution is 7.91. The molecule has 0 saturated carbocycles. The lowest BCUT2D eigenvalue weighted by Crippen LogP contribution is -2.17. The van der Waals surface area contributed by atoms with Gasteiger partial charge >= 0.3 is 5.97 Å². The molecule has 19 heavy (non-hydrogen) atoms. The van der Waals surface area contributed by atoms with Gasteiger partial charge in [0, 0.05) is 6.42 Å². The normalized spacial score (nSPS) is 11.2. The summed E-state index contributed by atoms with van der Waals surface area (Å²) >= 11 is 0. The minimum absolute atomic E-state index is 0.0818. The fourth-order valence-electron chi connectivity index (χ4n) is 1.47. The van der Waals surface area contributed by atoms with E-state index in [9.17, 15) is 13.2 Å². The Hall–Kier alpha value is -1.56. The maximum atomic E-state index is 11.6. The Bertz CT molecular complexity index is 504. The van der Waals surface area contributed by atoms with E-state index in [1.54, 1.807) is 12.1 Å². The molecule has 6 heteroatoms. The van der Waals surface area contributed by atoms with Gasteiger partial charge in [-0.05, 0) is 25.5 Å². The Balaban J connectivity index is 2.31. The van der Waals surface area contributed by atoms with Gasteiger partial charge in [-0.3, -0.25) is 4.79 Å². The van der Waals surface area contributed by atoms with Gasteiger partial charge in [0.05, 0.1) is 11.5 Å². The third kappa shape index (κ3) is 6.81. The summed E-state index contributed by atoms with van der Waals surface area (Å²) in [6, 6.07) is 7.34. The van der Waals surface area contributed by atoms with Crippen LogP contribution in [0.4, 0.5) is 0 Å². The molecule has 5 nitrogen and oxygen atoms in total. The predicted molar refractivity (Wildman–Crippen MR) is 72.2 cm³/mol. The van der Waals surface area contributed by atoms with Gasteiger partial charge in [-0.15, -0.1) is 0 Å². The smallest absolute Gasteiger partial charge is 0.303 e. The molecule has 1 N–H and O–H groups in total. The zero-order valence-corrected chi connectivity index (χ0v) is 11.6. The second-order valence-electron chi connectivity index (χ2n) is 4.31. The van der Waals surface area contributed by atoms with Crippen molar-refractivity contribution >= 4 is 15.8 Å². The number of rotatable bonds is 8. The fourth-order valence-corrected chi connectivity index (χ4v) is 2.59. The number of carboxylic acids is 1. The van der Waals surface area contributed by atoms with Crippen molar-refractivity contribution in [2.45, 2.75) is 19.8 Å². The van der Waals surface area contributed by atoms with Crippen molar-refractivity contribution in [1.29, 1.82) is 0 Å². The lowest BCUT2D eigenvalue weighted by Gasteiger charge is -2.07. The van der Waals surface area contributed by atoms with E-state index in [0.29, 0.717) is 5.75 Å². The largest absolute Gasteiger partial charge is 0.493 e. The zero-order chi connectivity index (χ0) is 14.3. The van der Waals surface area contributed by atoms with Gasteiger partial charge in [-0.1, -0.05) is 17.7 Å². The molecule has 0 radical (unpaired) electrons. The predicted octanol–water partition coefficient (Wildman–Crippen LogP) is 1.65. The molecule has 106 valence electrons. The number of carboxylic acid groups (broad SMARTS) is 1. The number of aliphatic carboxylic acids is 1. The van der Waals surface area contributed by atoms with Crippen molar-refractivity contribution in [1.82, 2.24) is 0 Å². The third-order valence-electron chi connectivity index (χ3n) is 2.53. The van der Waals surface area contributed by atoms with Crippen molar-refractivity contribution in [3.05, 3.63) is 29.8 Å². The molecule has 1 aromatic carbocycles. The summed E-state index contributed by atoms with van der Waals surface area (Å²) in [4.78, 5) is 10.3. The zero-order valence-electron chi connectivity index (χ0n) is 10.8. The van der Waals surface area contributed by atoms with Crippen molar-refractivity contribution in [3.8, 4) is 5.75 Å². The van der Waals surface area contributed by atoms with E-state index in [2.05, 4.69) is 0 Å². The Morgan fingerprint density at radius 2 is 1.84 bits per heavy atom. The van der Waals surface area contributed by atoms with Crippen molar-refractivity contribution in [2.24, 2.45) is 0 Å². The lowest BCUT2D eigenvalue weighted by atomic mass is 10.2. The first-order chi connectivity index (χ1) is 8.89. The average molecular weight is 286 g/mol. The molecule has 0 unspecified atom stereocenters. The van der Waals surface area contributed by atoms with Crippen LogP contribution in [0.3, 0.4) is 0 Å². The number of ether oxygens (including phenoxy) is 1. The molecule has 0 amide bonds. The number of sulfone groups is 1. The van der Waals surface area contributed by atoms with Crippen LogP contribution in [0, 0.1) is 6.92 Å². The summed E-state index contributed by atoms with van der Waals surface area (Å²) < 4.78 is 28.5. The Morgan fingerprint density at radius 3 is 2.42 bits per heavy atom. The van der Waals surface area contributed by atoms with Gasteiger partial charge in [0.15, 0.2) is 9.84 Å². The lowest BCUT2D eigenvalue weighted by molar-refractivity contribution is -0.137. The van der Waals surface area contributed by atoms with Crippen LogP contribution in [0.2, 0.25) is 0 Å². The van der Waals surface area contributed by atoms with Gasteiger partial charge in [-0.25, -0.2) is 8.42 Å². The third-order valence-corrected chi connectivity index (χ3v) is 4.23. The second-order valence-corrected chi connectivity index (χ2v) is 6.61. The SMILES string of the molecule is Cc1ccc(OCCS(=O)(=O)CCCC(=O)O)cc1. The van der Waals surface area contributed by atoms with E-state index in [4.69, 9.17) is 9.84 Å². The molecule has 0 atom stereocenters. The summed E-state index contributed by atoms with van der Waals surface area (Å²) in [6.07, 6.45) is 0.0141. The van der Waals surface area contributed by atoms with E-state index in [-0.39, 0.29) is 31.0 Å². The van der Waals surface area contributed by atoms with Gasteiger partial charge in [0.25, 0.3) is 0 Å². The molecule has 0 aliphatic heterocycles. The molecule has 0 fully saturated rings. The molecule has 0 bridgehead atoms. The van der Waals surface area contributed by atoms with Crippen LogP contribution < -0.4 is 4.74 Å². The van der Waals surface area contributed by atoms with Crippen LogP contribution in [0.5, 0.6) is 5.75 Å². The van der Waals surface area contributed by atoms with E-state index in [1.165, 1.54) is 0 Å². The van der Waals surface area contributed by atoms with Crippen LogP contribution in [0.25, 0.3) is 0 Å². The van der Waals surface area contributed by atoms with Crippen LogP contribution >= 0.6 is 0 Å². The highest BCUT2D eigenvalue weighted by Gasteiger charge is 2.12. The Kier molecular flexibility index (Phi) is 5.82. The standard InChI is InChI=1S/C13H18O5S/c1-11-4-6-12(7-5-11)18-8-10-19(16,17)9-2-3-13(14)15/h4-7H,2-3,8-10H2,1H3,(H,14,15). The number of carbonyl (C=O) groups is 1. The monoisotopic (exact) mass is 286 g/mol. The molecular formula is C13H18O5S. The summed E-state index contributed by atoms with van der Waals surface area (Å²) in [7, 11) is -3.24. The Labute approximate surface area is 113 Å².